The van der Waals surface area contributed by atoms with E-state index in [1.165, 1.54) is 12.1 Å². The smallest absolute Gasteiger partial charge is 0.274 e. The van der Waals surface area contributed by atoms with Crippen molar-refractivity contribution >= 4 is 32.6 Å². The summed E-state index contributed by atoms with van der Waals surface area (Å²) in [4.78, 5) is 13.5. The average molecular weight is 337 g/mol. The van der Waals surface area contributed by atoms with Crippen LogP contribution in [-0.2, 0) is 14.8 Å². The Morgan fingerprint density at radius 1 is 1.05 bits per heavy atom. The van der Waals surface area contributed by atoms with Gasteiger partial charge in [-0.3, -0.25) is 4.79 Å². The van der Waals surface area contributed by atoms with Gasteiger partial charge in [0.15, 0.2) is 5.71 Å². The summed E-state index contributed by atoms with van der Waals surface area (Å²) in [7, 11) is -3.86. The Morgan fingerprint density at radius 3 is 2.18 bits per heavy atom. The lowest BCUT2D eigenvalue weighted by atomic mass is 10.1. The molecule has 0 aromatic heterocycles. The summed E-state index contributed by atoms with van der Waals surface area (Å²) < 4.78 is 24.3. The summed E-state index contributed by atoms with van der Waals surface area (Å²) in [6, 6.07) is 14.6. The highest BCUT2D eigenvalue weighted by Crippen LogP contribution is 2.10. The van der Waals surface area contributed by atoms with E-state index >= 15 is 0 Å². The number of benzene rings is 2. The normalized spacial score (nSPS) is 12.0. The third-order valence-corrected chi connectivity index (χ3v) is 4.25. The van der Waals surface area contributed by atoms with Crippen LogP contribution in [0.2, 0.25) is 0 Å². The van der Waals surface area contributed by atoms with Gasteiger partial charge in [0.1, 0.15) is 0 Å². The Kier molecular flexibility index (Phi) is 4.95. The lowest BCUT2D eigenvalue weighted by Gasteiger charge is -2.06. The second-order valence-electron chi connectivity index (χ2n) is 4.51. The molecule has 0 saturated heterocycles. The fourth-order valence-corrected chi connectivity index (χ4v) is 2.66. The van der Waals surface area contributed by atoms with Crippen molar-refractivity contribution < 1.29 is 13.2 Å². The topological polar surface area (TPSA) is 75.6 Å². The van der Waals surface area contributed by atoms with Crippen molar-refractivity contribution in [1.29, 1.82) is 0 Å². The van der Waals surface area contributed by atoms with Crippen LogP contribution in [-0.4, -0.2) is 19.4 Å². The van der Waals surface area contributed by atoms with E-state index in [0.717, 1.165) is 5.56 Å². The van der Waals surface area contributed by atoms with E-state index in [-0.39, 0.29) is 10.6 Å². The molecule has 0 atom stereocenters. The maximum atomic E-state index is 12.1. The molecule has 2 rings (SSSR count). The van der Waals surface area contributed by atoms with E-state index in [1.54, 1.807) is 42.5 Å². The summed E-state index contributed by atoms with van der Waals surface area (Å²) in [5.41, 5.74) is 1.19. The first-order valence-corrected chi connectivity index (χ1v) is 8.18. The molecule has 1 N–H and O–H groups in total. The second kappa shape index (κ2) is 6.72. The number of nitrogens with zero attached hydrogens (tertiary/aromatic N) is 1. The van der Waals surface area contributed by atoms with Crippen LogP contribution < -0.4 is 4.83 Å². The number of rotatable bonds is 5. The van der Waals surface area contributed by atoms with Gasteiger partial charge in [0.25, 0.3) is 15.3 Å². The molecule has 0 heterocycles. The van der Waals surface area contributed by atoms with Gasteiger partial charge in [-0.05, 0) is 30.7 Å². The van der Waals surface area contributed by atoms with Crippen LogP contribution >= 0.6 is 11.6 Å². The Labute approximate surface area is 133 Å². The minimum Gasteiger partial charge on any atom is -0.274 e. The number of hydrogen-bond acceptors (Lipinski definition) is 4. The molecule has 0 radical (unpaired) electrons. The zero-order valence-electron chi connectivity index (χ0n) is 11.7. The predicted molar refractivity (Wildman–Crippen MR) is 85.3 cm³/mol. The number of halogens is 1. The average Bonchev–Trinajstić information content (AvgIpc) is 2.48. The largest absolute Gasteiger partial charge is 0.276 e. The van der Waals surface area contributed by atoms with Crippen molar-refractivity contribution in [2.45, 2.75) is 11.8 Å². The van der Waals surface area contributed by atoms with Crippen LogP contribution in [0.25, 0.3) is 0 Å². The van der Waals surface area contributed by atoms with E-state index in [1.807, 2.05) is 11.8 Å². The van der Waals surface area contributed by atoms with Crippen molar-refractivity contribution in [3.05, 3.63) is 65.7 Å². The molecule has 2 aromatic rings. The molecule has 0 aliphatic carbocycles. The molecular weight excluding hydrogens is 324 g/mol. The summed E-state index contributed by atoms with van der Waals surface area (Å²) in [5.74, 6) is 0. The van der Waals surface area contributed by atoms with E-state index in [2.05, 4.69) is 5.10 Å². The number of carbonyl (C=O) groups excluding carboxylic acids is 1. The van der Waals surface area contributed by atoms with Crippen molar-refractivity contribution in [3.63, 3.8) is 0 Å². The Bertz CT molecular complexity index is 800. The van der Waals surface area contributed by atoms with Gasteiger partial charge in [0.05, 0.1) is 4.90 Å². The van der Waals surface area contributed by atoms with Crippen molar-refractivity contribution in [3.8, 4) is 0 Å². The molecule has 0 saturated carbocycles. The fourth-order valence-electron chi connectivity index (χ4n) is 1.69. The van der Waals surface area contributed by atoms with E-state index in [9.17, 15) is 13.2 Å². The highest BCUT2D eigenvalue weighted by molar-refractivity contribution is 7.89. The van der Waals surface area contributed by atoms with Gasteiger partial charge < -0.3 is 0 Å². The number of hydrogen-bond donors (Lipinski definition) is 1. The second-order valence-corrected chi connectivity index (χ2v) is 6.51. The van der Waals surface area contributed by atoms with Gasteiger partial charge in [-0.15, -0.1) is 0 Å². The molecule has 114 valence electrons. The number of nitrogens with one attached hydrogen (secondary N) is 1. The number of carbonyl (C=O) groups is 1. The standard InChI is InChI=1S/C15H13ClN2O3S/c1-11-7-9-13(10-8-11)22(20,21)18-17-14(15(16)19)12-5-3-2-4-6-12/h2-10,18H,1H3. The summed E-state index contributed by atoms with van der Waals surface area (Å²) in [6.45, 7) is 1.85. The van der Waals surface area contributed by atoms with Crippen molar-refractivity contribution in [1.82, 2.24) is 4.83 Å². The summed E-state index contributed by atoms with van der Waals surface area (Å²) in [6.07, 6.45) is 0. The van der Waals surface area contributed by atoms with Gasteiger partial charge in [0, 0.05) is 5.56 Å². The molecule has 7 heteroatoms. The fraction of sp³-hybridized carbons (Fsp3) is 0.0667. The third-order valence-electron chi connectivity index (χ3n) is 2.84. The SMILES string of the molecule is Cc1ccc(S(=O)(=O)NN=C(C(=O)Cl)c2ccccc2)cc1. The molecule has 2 aromatic carbocycles. The van der Waals surface area contributed by atoms with Gasteiger partial charge in [-0.2, -0.15) is 18.4 Å². The third kappa shape index (κ3) is 3.93. The first-order chi connectivity index (χ1) is 10.4. The molecular formula is C15H13ClN2O3S. The van der Waals surface area contributed by atoms with Crippen LogP contribution in [0.5, 0.6) is 0 Å². The number of hydrazone groups is 1. The molecule has 5 nitrogen and oxygen atoms in total. The highest BCUT2D eigenvalue weighted by Gasteiger charge is 2.16. The number of sulfonamides is 1. The molecule has 0 aliphatic rings. The first kappa shape index (κ1) is 16.2. The summed E-state index contributed by atoms with van der Waals surface area (Å²) >= 11 is 5.47. The zero-order valence-corrected chi connectivity index (χ0v) is 13.2. The lowest BCUT2D eigenvalue weighted by Crippen LogP contribution is -2.22. The molecule has 0 aliphatic heterocycles. The van der Waals surface area contributed by atoms with E-state index in [4.69, 9.17) is 11.6 Å². The Morgan fingerprint density at radius 2 is 1.64 bits per heavy atom. The van der Waals surface area contributed by atoms with Gasteiger partial charge >= 0.3 is 0 Å². The summed E-state index contributed by atoms with van der Waals surface area (Å²) in [5, 5.41) is 2.81. The van der Waals surface area contributed by atoms with Gasteiger partial charge in [0.2, 0.25) is 0 Å². The van der Waals surface area contributed by atoms with Crippen LogP contribution in [0, 0.1) is 6.92 Å². The molecule has 22 heavy (non-hydrogen) atoms. The minimum atomic E-state index is -3.86. The van der Waals surface area contributed by atoms with E-state index < -0.39 is 15.3 Å². The lowest BCUT2D eigenvalue weighted by molar-refractivity contribution is -0.106. The van der Waals surface area contributed by atoms with Gasteiger partial charge in [-0.1, -0.05) is 48.0 Å². The molecule has 0 spiro atoms. The monoisotopic (exact) mass is 336 g/mol. The first-order valence-electron chi connectivity index (χ1n) is 6.31. The van der Waals surface area contributed by atoms with Crippen LogP contribution in [0.1, 0.15) is 11.1 Å². The van der Waals surface area contributed by atoms with Crippen LogP contribution in [0.4, 0.5) is 0 Å². The minimum absolute atomic E-state index is 0.0521. The van der Waals surface area contributed by atoms with Crippen molar-refractivity contribution in [2.24, 2.45) is 5.10 Å². The highest BCUT2D eigenvalue weighted by atomic mass is 35.5. The molecule has 0 amide bonds. The Hall–Kier alpha value is -2.18. The van der Waals surface area contributed by atoms with Gasteiger partial charge in [-0.25, -0.2) is 0 Å². The Balaban J connectivity index is 2.31. The van der Waals surface area contributed by atoms with Crippen LogP contribution in [0.3, 0.4) is 0 Å². The maximum Gasteiger partial charge on any atom is 0.276 e. The van der Waals surface area contributed by atoms with E-state index in [0.29, 0.717) is 5.56 Å². The molecule has 0 unspecified atom stereocenters. The number of aryl methyl sites for hydroxylation is 1. The maximum absolute atomic E-state index is 12.1. The molecule has 0 fully saturated rings. The zero-order chi connectivity index (χ0) is 16.2. The quantitative estimate of drug-likeness (QED) is 0.517. The predicted octanol–water partition coefficient (Wildman–Crippen LogP) is 2.44. The van der Waals surface area contributed by atoms with Crippen LogP contribution in [0.15, 0.2) is 64.6 Å². The molecule has 0 bridgehead atoms. The van der Waals surface area contributed by atoms with Crippen molar-refractivity contribution in [2.75, 3.05) is 0 Å².